The second-order valence-corrected chi connectivity index (χ2v) is 3.67. The zero-order chi connectivity index (χ0) is 12.3. The lowest BCUT2D eigenvalue weighted by Gasteiger charge is -2.13. The molecule has 0 aliphatic heterocycles. The molecular weight excluding hydrogens is 220 g/mol. The number of nitro benzene ring substituents is 1. The molecule has 0 aliphatic carbocycles. The SMILES string of the molecule is CC(Nc1ccccc1[N+](=O)[O-])c1cn[nH]c1. The maximum absolute atomic E-state index is 10.8. The third-order valence-corrected chi connectivity index (χ3v) is 2.49. The molecule has 0 amide bonds. The van der Waals surface area contributed by atoms with Gasteiger partial charge in [-0.3, -0.25) is 15.2 Å². The van der Waals surface area contributed by atoms with Crippen LogP contribution in [0, 0.1) is 10.1 Å². The van der Waals surface area contributed by atoms with Crippen molar-refractivity contribution in [3.05, 3.63) is 52.3 Å². The standard InChI is InChI=1S/C11H12N4O2/c1-8(9-6-12-13-7-9)14-10-4-2-3-5-11(10)15(16)17/h2-8,14H,1H3,(H,12,13). The minimum absolute atomic E-state index is 0.0464. The number of anilines is 1. The lowest BCUT2D eigenvalue weighted by molar-refractivity contribution is -0.384. The number of nitro groups is 1. The molecule has 1 unspecified atom stereocenters. The van der Waals surface area contributed by atoms with Crippen molar-refractivity contribution in [1.82, 2.24) is 10.2 Å². The summed E-state index contributed by atoms with van der Waals surface area (Å²) in [5.41, 5.74) is 1.53. The van der Waals surface area contributed by atoms with E-state index in [9.17, 15) is 10.1 Å². The third kappa shape index (κ3) is 2.41. The zero-order valence-electron chi connectivity index (χ0n) is 9.25. The molecule has 2 aromatic rings. The predicted octanol–water partition coefficient (Wildman–Crippen LogP) is 2.49. The fraction of sp³-hybridized carbons (Fsp3) is 0.182. The molecule has 17 heavy (non-hydrogen) atoms. The number of aromatic amines is 1. The van der Waals surface area contributed by atoms with Crippen LogP contribution in [0.4, 0.5) is 11.4 Å². The molecule has 0 radical (unpaired) electrons. The van der Waals surface area contributed by atoms with Gasteiger partial charge in [-0.05, 0) is 13.0 Å². The number of H-pyrrole nitrogens is 1. The average Bonchev–Trinajstić information content (AvgIpc) is 2.83. The Morgan fingerprint density at radius 3 is 2.88 bits per heavy atom. The summed E-state index contributed by atoms with van der Waals surface area (Å²) in [6, 6.07) is 6.53. The van der Waals surface area contributed by atoms with Crippen molar-refractivity contribution < 1.29 is 4.92 Å². The van der Waals surface area contributed by atoms with Crippen LogP contribution >= 0.6 is 0 Å². The highest BCUT2D eigenvalue weighted by molar-refractivity contribution is 5.61. The Morgan fingerprint density at radius 2 is 2.24 bits per heavy atom. The van der Waals surface area contributed by atoms with Crippen molar-refractivity contribution in [2.24, 2.45) is 0 Å². The Bertz CT molecular complexity index is 510. The highest BCUT2D eigenvalue weighted by atomic mass is 16.6. The molecule has 1 aromatic carbocycles. The summed E-state index contributed by atoms with van der Waals surface area (Å²) >= 11 is 0. The fourth-order valence-electron chi connectivity index (χ4n) is 1.57. The molecule has 2 N–H and O–H groups in total. The fourth-order valence-corrected chi connectivity index (χ4v) is 1.57. The third-order valence-electron chi connectivity index (χ3n) is 2.49. The number of rotatable bonds is 4. The van der Waals surface area contributed by atoms with E-state index in [1.165, 1.54) is 6.07 Å². The van der Waals surface area contributed by atoms with Gasteiger partial charge >= 0.3 is 0 Å². The molecule has 1 heterocycles. The quantitative estimate of drug-likeness (QED) is 0.626. The molecule has 2 rings (SSSR count). The van der Waals surface area contributed by atoms with Crippen molar-refractivity contribution >= 4 is 11.4 Å². The normalized spacial score (nSPS) is 12.1. The minimum atomic E-state index is -0.398. The second-order valence-electron chi connectivity index (χ2n) is 3.67. The summed E-state index contributed by atoms with van der Waals surface area (Å²) in [6.07, 6.45) is 3.44. The average molecular weight is 232 g/mol. The topological polar surface area (TPSA) is 83.8 Å². The van der Waals surface area contributed by atoms with E-state index in [0.717, 1.165) is 5.56 Å². The van der Waals surface area contributed by atoms with Crippen LogP contribution in [-0.4, -0.2) is 15.1 Å². The van der Waals surface area contributed by atoms with Crippen LogP contribution in [0.25, 0.3) is 0 Å². The Kier molecular flexibility index (Phi) is 3.04. The Balaban J connectivity index is 2.21. The van der Waals surface area contributed by atoms with Crippen LogP contribution < -0.4 is 5.32 Å². The summed E-state index contributed by atoms with van der Waals surface area (Å²) < 4.78 is 0. The van der Waals surface area contributed by atoms with Gasteiger partial charge in [-0.25, -0.2) is 0 Å². The molecule has 6 heteroatoms. The molecule has 0 aliphatic rings. The Labute approximate surface area is 97.8 Å². The zero-order valence-corrected chi connectivity index (χ0v) is 9.25. The molecule has 0 spiro atoms. The predicted molar refractivity (Wildman–Crippen MR) is 63.7 cm³/mol. The van der Waals surface area contributed by atoms with Crippen molar-refractivity contribution in [3.8, 4) is 0 Å². The number of nitrogens with zero attached hydrogens (tertiary/aromatic N) is 2. The van der Waals surface area contributed by atoms with Gasteiger partial charge in [0, 0.05) is 17.8 Å². The number of para-hydroxylation sites is 2. The van der Waals surface area contributed by atoms with Crippen LogP contribution in [0.15, 0.2) is 36.7 Å². The van der Waals surface area contributed by atoms with Crippen molar-refractivity contribution in [2.45, 2.75) is 13.0 Å². The lowest BCUT2D eigenvalue weighted by Crippen LogP contribution is -2.07. The summed E-state index contributed by atoms with van der Waals surface area (Å²) in [6.45, 7) is 1.92. The maximum Gasteiger partial charge on any atom is 0.292 e. The molecule has 0 bridgehead atoms. The maximum atomic E-state index is 10.8. The molecule has 1 atom stereocenters. The molecule has 88 valence electrons. The van der Waals surface area contributed by atoms with E-state index < -0.39 is 4.92 Å². The number of hydrogen-bond donors (Lipinski definition) is 2. The van der Waals surface area contributed by atoms with E-state index in [0.29, 0.717) is 5.69 Å². The summed E-state index contributed by atoms with van der Waals surface area (Å²) in [7, 11) is 0. The highest BCUT2D eigenvalue weighted by Gasteiger charge is 2.15. The lowest BCUT2D eigenvalue weighted by atomic mass is 10.1. The highest BCUT2D eigenvalue weighted by Crippen LogP contribution is 2.27. The van der Waals surface area contributed by atoms with Gasteiger partial charge in [0.1, 0.15) is 5.69 Å². The van der Waals surface area contributed by atoms with Crippen molar-refractivity contribution in [2.75, 3.05) is 5.32 Å². The van der Waals surface area contributed by atoms with E-state index in [2.05, 4.69) is 15.5 Å². The first kappa shape index (κ1) is 11.1. The van der Waals surface area contributed by atoms with E-state index in [1.54, 1.807) is 30.6 Å². The molecular formula is C11H12N4O2. The van der Waals surface area contributed by atoms with Crippen molar-refractivity contribution in [3.63, 3.8) is 0 Å². The van der Waals surface area contributed by atoms with Gasteiger partial charge in [0.15, 0.2) is 0 Å². The summed E-state index contributed by atoms with van der Waals surface area (Å²) in [5.74, 6) is 0. The van der Waals surface area contributed by atoms with Crippen LogP contribution in [0.3, 0.4) is 0 Å². The second kappa shape index (κ2) is 4.65. The van der Waals surface area contributed by atoms with Gasteiger partial charge in [0.05, 0.1) is 17.2 Å². The van der Waals surface area contributed by atoms with Gasteiger partial charge in [0.25, 0.3) is 5.69 Å². The molecule has 0 saturated heterocycles. The smallest absolute Gasteiger partial charge is 0.292 e. The van der Waals surface area contributed by atoms with Gasteiger partial charge in [-0.1, -0.05) is 12.1 Å². The first-order chi connectivity index (χ1) is 8.18. The van der Waals surface area contributed by atoms with Gasteiger partial charge < -0.3 is 5.32 Å². The summed E-state index contributed by atoms with van der Waals surface area (Å²) in [5, 5.41) is 20.5. The number of nitrogens with one attached hydrogen (secondary N) is 2. The van der Waals surface area contributed by atoms with E-state index in [-0.39, 0.29) is 11.7 Å². The summed E-state index contributed by atoms with van der Waals surface area (Å²) in [4.78, 5) is 10.4. The Morgan fingerprint density at radius 1 is 1.47 bits per heavy atom. The number of benzene rings is 1. The molecule has 1 aromatic heterocycles. The molecule has 6 nitrogen and oxygen atoms in total. The number of aromatic nitrogens is 2. The van der Waals surface area contributed by atoms with Crippen LogP contribution in [0.5, 0.6) is 0 Å². The Hall–Kier alpha value is -2.37. The van der Waals surface area contributed by atoms with Crippen LogP contribution in [0.2, 0.25) is 0 Å². The van der Waals surface area contributed by atoms with Gasteiger partial charge in [-0.2, -0.15) is 5.10 Å². The van der Waals surface area contributed by atoms with E-state index in [1.807, 2.05) is 6.92 Å². The van der Waals surface area contributed by atoms with Gasteiger partial charge in [-0.15, -0.1) is 0 Å². The first-order valence-corrected chi connectivity index (χ1v) is 5.17. The van der Waals surface area contributed by atoms with Crippen molar-refractivity contribution in [1.29, 1.82) is 0 Å². The van der Waals surface area contributed by atoms with Gasteiger partial charge in [0.2, 0.25) is 0 Å². The largest absolute Gasteiger partial charge is 0.373 e. The minimum Gasteiger partial charge on any atom is -0.373 e. The van der Waals surface area contributed by atoms with E-state index >= 15 is 0 Å². The van der Waals surface area contributed by atoms with Crippen LogP contribution in [-0.2, 0) is 0 Å². The monoisotopic (exact) mass is 232 g/mol. The van der Waals surface area contributed by atoms with Crippen LogP contribution in [0.1, 0.15) is 18.5 Å². The molecule has 0 fully saturated rings. The molecule has 0 saturated carbocycles. The van der Waals surface area contributed by atoms with E-state index in [4.69, 9.17) is 0 Å². The number of hydrogen-bond acceptors (Lipinski definition) is 4. The first-order valence-electron chi connectivity index (χ1n) is 5.17.